The lowest BCUT2D eigenvalue weighted by Gasteiger charge is -2.14. The molecule has 2 rings (SSSR count). The van der Waals surface area contributed by atoms with E-state index >= 15 is 0 Å². The third-order valence-corrected chi connectivity index (χ3v) is 1.88. The fraction of sp³-hybridized carbons (Fsp3) is 0.375. The Morgan fingerprint density at radius 1 is 1.58 bits per heavy atom. The first kappa shape index (κ1) is 7.49. The van der Waals surface area contributed by atoms with Crippen LogP contribution in [0.2, 0.25) is 0 Å². The van der Waals surface area contributed by atoms with Gasteiger partial charge in [0.1, 0.15) is 5.82 Å². The first-order chi connectivity index (χ1) is 5.77. The Balaban J connectivity index is 2.60. The largest absolute Gasteiger partial charge is 0.376 e. The molecule has 4 nitrogen and oxygen atoms in total. The number of hydrogen-bond donors (Lipinski definition) is 1. The first-order valence-electron chi connectivity index (χ1n) is 3.79. The van der Waals surface area contributed by atoms with Crippen LogP contribution in [0.4, 0.5) is 0 Å². The molecule has 1 radical (unpaired) electrons. The van der Waals surface area contributed by atoms with Gasteiger partial charge in [-0.2, -0.15) is 0 Å². The Bertz CT molecular complexity index is 357. The van der Waals surface area contributed by atoms with E-state index in [0.717, 1.165) is 5.69 Å². The van der Waals surface area contributed by atoms with Gasteiger partial charge in [-0.1, -0.05) is 0 Å². The van der Waals surface area contributed by atoms with Gasteiger partial charge in [0.15, 0.2) is 0 Å². The van der Waals surface area contributed by atoms with Crippen LogP contribution >= 0.6 is 0 Å². The van der Waals surface area contributed by atoms with Crippen LogP contribution in [0.5, 0.6) is 0 Å². The van der Waals surface area contributed by atoms with Gasteiger partial charge >= 0.3 is 0 Å². The van der Waals surface area contributed by atoms with Crippen LogP contribution in [0.1, 0.15) is 17.1 Å². The lowest BCUT2D eigenvalue weighted by molar-refractivity contribution is 0.108. The molecule has 0 bridgehead atoms. The summed E-state index contributed by atoms with van der Waals surface area (Å²) in [6.45, 7) is 4.60. The molecule has 0 atom stereocenters. The highest BCUT2D eigenvalue weighted by Gasteiger charge is 2.14. The second-order valence-electron chi connectivity index (χ2n) is 2.74. The van der Waals surface area contributed by atoms with Crippen LogP contribution in [0.25, 0.3) is 0 Å². The summed E-state index contributed by atoms with van der Waals surface area (Å²) in [6.07, 6.45) is 0.710. The van der Waals surface area contributed by atoms with Gasteiger partial charge < -0.3 is 9.72 Å². The average molecular weight is 165 g/mol. The van der Waals surface area contributed by atoms with E-state index in [0.29, 0.717) is 31.0 Å². The molecule has 0 fully saturated rings. The van der Waals surface area contributed by atoms with Crippen molar-refractivity contribution in [2.75, 3.05) is 6.61 Å². The van der Waals surface area contributed by atoms with Crippen molar-refractivity contribution in [3.63, 3.8) is 0 Å². The number of fused-ring (bicyclic) bond motifs is 1. The maximum atomic E-state index is 11.3. The molecule has 2 heterocycles. The quantitative estimate of drug-likeness (QED) is 0.589. The number of H-pyrrole nitrogens is 1. The number of nitrogens with zero attached hydrogens (tertiary/aromatic N) is 1. The van der Waals surface area contributed by atoms with E-state index in [4.69, 9.17) is 4.74 Å². The smallest absolute Gasteiger partial charge is 0.256 e. The van der Waals surface area contributed by atoms with Crippen molar-refractivity contribution < 1.29 is 4.74 Å². The van der Waals surface area contributed by atoms with E-state index in [1.165, 1.54) is 0 Å². The highest BCUT2D eigenvalue weighted by Crippen LogP contribution is 2.09. The van der Waals surface area contributed by atoms with Crippen LogP contribution in [0, 0.1) is 6.92 Å². The zero-order valence-electron chi connectivity index (χ0n) is 6.59. The summed E-state index contributed by atoms with van der Waals surface area (Å²) in [7, 11) is 0. The second kappa shape index (κ2) is 2.71. The summed E-state index contributed by atoms with van der Waals surface area (Å²) < 4.78 is 5.14. The van der Waals surface area contributed by atoms with Crippen LogP contribution in [-0.4, -0.2) is 16.6 Å². The summed E-state index contributed by atoms with van der Waals surface area (Å²) in [5.74, 6) is 0.431. The van der Waals surface area contributed by atoms with E-state index in [1.54, 1.807) is 0 Å². The summed E-state index contributed by atoms with van der Waals surface area (Å²) >= 11 is 0. The molecule has 1 aromatic rings. The number of rotatable bonds is 0. The molecule has 1 N–H and O–H groups in total. The Morgan fingerprint density at radius 2 is 2.42 bits per heavy atom. The minimum Gasteiger partial charge on any atom is -0.376 e. The molecular weight excluding hydrogens is 156 g/mol. The summed E-state index contributed by atoms with van der Waals surface area (Å²) in [6, 6.07) is 0. The lowest BCUT2D eigenvalue weighted by Crippen LogP contribution is -2.24. The first-order valence-corrected chi connectivity index (χ1v) is 3.79. The SMILES string of the molecule is [CH2]c1nc2c(c(=O)[nH]1)COCC2. The molecule has 4 heteroatoms. The summed E-state index contributed by atoms with van der Waals surface area (Å²) in [5, 5.41) is 0. The highest BCUT2D eigenvalue weighted by molar-refractivity contribution is 5.19. The van der Waals surface area contributed by atoms with Crippen molar-refractivity contribution in [2.45, 2.75) is 13.0 Å². The van der Waals surface area contributed by atoms with Crippen molar-refractivity contribution >= 4 is 0 Å². The summed E-state index contributed by atoms with van der Waals surface area (Å²) in [4.78, 5) is 17.9. The van der Waals surface area contributed by atoms with Crippen molar-refractivity contribution in [2.24, 2.45) is 0 Å². The molecule has 0 unspecified atom stereocenters. The molecular formula is C8H9N2O2. The standard InChI is InChI=1S/C8H9N2O2/c1-5-9-7-2-3-12-4-6(7)8(11)10-5/h1-4H2,(H,9,10,11). The zero-order chi connectivity index (χ0) is 8.55. The van der Waals surface area contributed by atoms with Gasteiger partial charge in [-0.15, -0.1) is 0 Å². The van der Waals surface area contributed by atoms with E-state index < -0.39 is 0 Å². The molecule has 0 aliphatic carbocycles. The molecule has 0 amide bonds. The number of aromatic nitrogens is 2. The molecule has 1 aliphatic heterocycles. The van der Waals surface area contributed by atoms with Gasteiger partial charge in [-0.05, 0) is 0 Å². The fourth-order valence-corrected chi connectivity index (χ4v) is 1.29. The fourth-order valence-electron chi connectivity index (χ4n) is 1.29. The number of aromatic amines is 1. The number of nitrogens with one attached hydrogen (secondary N) is 1. The molecule has 1 aliphatic rings. The predicted octanol–water partition coefficient (Wildman–Crippen LogP) is 0.0248. The van der Waals surface area contributed by atoms with E-state index in [1.807, 2.05) is 0 Å². The normalized spacial score (nSPS) is 15.8. The van der Waals surface area contributed by atoms with Crippen LogP contribution in [0.3, 0.4) is 0 Å². The van der Waals surface area contributed by atoms with Crippen molar-refractivity contribution in [3.05, 3.63) is 34.4 Å². The van der Waals surface area contributed by atoms with Crippen molar-refractivity contribution in [1.82, 2.24) is 9.97 Å². The average Bonchev–Trinajstić information content (AvgIpc) is 2.04. The van der Waals surface area contributed by atoms with Crippen LogP contribution in [-0.2, 0) is 17.8 Å². The van der Waals surface area contributed by atoms with Crippen molar-refractivity contribution in [1.29, 1.82) is 0 Å². The zero-order valence-corrected chi connectivity index (χ0v) is 6.59. The van der Waals surface area contributed by atoms with Crippen molar-refractivity contribution in [3.8, 4) is 0 Å². The van der Waals surface area contributed by atoms with Gasteiger partial charge in [0.2, 0.25) is 0 Å². The molecule has 0 saturated carbocycles. The Kier molecular flexibility index (Phi) is 1.69. The number of ether oxygens (including phenoxy) is 1. The van der Waals surface area contributed by atoms with Gasteiger partial charge in [0, 0.05) is 13.3 Å². The Morgan fingerprint density at radius 3 is 3.25 bits per heavy atom. The molecule has 0 spiro atoms. The third kappa shape index (κ3) is 1.14. The minimum absolute atomic E-state index is 0.121. The minimum atomic E-state index is -0.121. The van der Waals surface area contributed by atoms with E-state index in [2.05, 4.69) is 16.9 Å². The highest BCUT2D eigenvalue weighted by atomic mass is 16.5. The van der Waals surface area contributed by atoms with Gasteiger partial charge in [-0.3, -0.25) is 4.79 Å². The van der Waals surface area contributed by atoms with Gasteiger partial charge in [-0.25, -0.2) is 4.98 Å². The van der Waals surface area contributed by atoms with E-state index in [-0.39, 0.29) is 5.56 Å². The monoisotopic (exact) mass is 165 g/mol. The molecule has 1 aromatic heterocycles. The Labute approximate surface area is 69.6 Å². The maximum absolute atomic E-state index is 11.3. The topological polar surface area (TPSA) is 55.0 Å². The lowest BCUT2D eigenvalue weighted by atomic mass is 10.1. The predicted molar refractivity (Wildman–Crippen MR) is 42.7 cm³/mol. The third-order valence-electron chi connectivity index (χ3n) is 1.88. The molecule has 0 saturated heterocycles. The van der Waals surface area contributed by atoms with Crippen LogP contribution < -0.4 is 5.56 Å². The van der Waals surface area contributed by atoms with Crippen LogP contribution in [0.15, 0.2) is 4.79 Å². The van der Waals surface area contributed by atoms with E-state index in [9.17, 15) is 4.79 Å². The second-order valence-corrected chi connectivity index (χ2v) is 2.74. The number of hydrogen-bond acceptors (Lipinski definition) is 3. The maximum Gasteiger partial charge on any atom is 0.256 e. The molecule has 0 aromatic carbocycles. The van der Waals surface area contributed by atoms with Gasteiger partial charge in [0.05, 0.1) is 24.5 Å². The molecule has 12 heavy (non-hydrogen) atoms. The Hall–Kier alpha value is -1.16. The summed E-state index contributed by atoms with van der Waals surface area (Å²) in [5.41, 5.74) is 1.35. The van der Waals surface area contributed by atoms with Gasteiger partial charge in [0.25, 0.3) is 5.56 Å². The molecule has 63 valence electrons.